The predicted octanol–water partition coefficient (Wildman–Crippen LogP) is 1.31. The first kappa shape index (κ1) is 17.8. The van der Waals surface area contributed by atoms with Gasteiger partial charge >= 0.3 is 0 Å². The zero-order valence-corrected chi connectivity index (χ0v) is 15.6. The van der Waals surface area contributed by atoms with Crippen molar-refractivity contribution >= 4 is 23.6 Å². The molecule has 0 radical (unpaired) electrons. The minimum Gasteiger partial charge on any atom is -0.372 e. The maximum Gasteiger partial charge on any atom is 0.244 e. The number of carbonyl (C=O) groups excluding carboxylic acids is 2. The third kappa shape index (κ3) is 2.93. The van der Waals surface area contributed by atoms with E-state index in [0.717, 1.165) is 31.2 Å². The van der Waals surface area contributed by atoms with E-state index in [1.807, 2.05) is 6.92 Å². The molecule has 2 amide bonds. The molecule has 3 aliphatic rings. The van der Waals surface area contributed by atoms with Crippen LogP contribution >= 0.6 is 0 Å². The van der Waals surface area contributed by atoms with Gasteiger partial charge in [0, 0.05) is 30.8 Å². The van der Waals surface area contributed by atoms with Crippen LogP contribution in [0, 0.1) is 5.41 Å². The van der Waals surface area contributed by atoms with E-state index < -0.39 is 5.41 Å². The van der Waals surface area contributed by atoms with Gasteiger partial charge in [-0.25, -0.2) is 4.98 Å². The smallest absolute Gasteiger partial charge is 0.244 e. The van der Waals surface area contributed by atoms with Crippen LogP contribution < -0.4 is 20.9 Å². The van der Waals surface area contributed by atoms with E-state index in [0.29, 0.717) is 31.2 Å². The Bertz CT molecular complexity index is 775. The highest BCUT2D eigenvalue weighted by atomic mass is 16.2. The summed E-state index contributed by atoms with van der Waals surface area (Å²) in [5.74, 6) is 0.852. The second-order valence-electron chi connectivity index (χ2n) is 7.66. The molecule has 2 fully saturated rings. The van der Waals surface area contributed by atoms with Gasteiger partial charge in [-0.2, -0.15) is 4.98 Å². The number of amides is 2. The Morgan fingerprint density at radius 1 is 1.41 bits per heavy atom. The molecule has 2 atom stereocenters. The summed E-state index contributed by atoms with van der Waals surface area (Å²) in [7, 11) is 0. The SMILES string of the molecule is C=CNC(C)Nc1ncc2c(n1)N(C1CCCC1)C(=O)[C@]1(CCNC1=O)C2. The second kappa shape index (κ2) is 6.83. The number of rotatable bonds is 5. The van der Waals surface area contributed by atoms with E-state index in [1.165, 1.54) is 0 Å². The number of hydrogen-bond acceptors (Lipinski definition) is 6. The quantitative estimate of drug-likeness (QED) is 0.534. The van der Waals surface area contributed by atoms with Crippen LogP contribution in [0.15, 0.2) is 19.0 Å². The Hall–Kier alpha value is -2.64. The summed E-state index contributed by atoms with van der Waals surface area (Å²) in [6.07, 6.45) is 8.27. The molecule has 1 unspecified atom stereocenters. The molecule has 1 saturated carbocycles. The van der Waals surface area contributed by atoms with Crippen molar-refractivity contribution in [3.8, 4) is 0 Å². The highest BCUT2D eigenvalue weighted by Gasteiger charge is 2.56. The van der Waals surface area contributed by atoms with Crippen LogP contribution in [0.2, 0.25) is 0 Å². The monoisotopic (exact) mass is 370 g/mol. The molecule has 4 rings (SSSR count). The third-order valence-corrected chi connectivity index (χ3v) is 5.87. The summed E-state index contributed by atoms with van der Waals surface area (Å²) in [6, 6.07) is 0.105. The van der Waals surface area contributed by atoms with Crippen molar-refractivity contribution in [3.05, 3.63) is 24.5 Å². The van der Waals surface area contributed by atoms with Gasteiger partial charge < -0.3 is 16.0 Å². The van der Waals surface area contributed by atoms with Crippen molar-refractivity contribution in [2.75, 3.05) is 16.8 Å². The lowest BCUT2D eigenvalue weighted by atomic mass is 9.76. The molecule has 0 bridgehead atoms. The van der Waals surface area contributed by atoms with Gasteiger partial charge in [-0.1, -0.05) is 19.4 Å². The van der Waals surface area contributed by atoms with Gasteiger partial charge in [-0.05, 0) is 32.4 Å². The number of carbonyl (C=O) groups is 2. The van der Waals surface area contributed by atoms with Crippen LogP contribution in [0.5, 0.6) is 0 Å². The fourth-order valence-electron chi connectivity index (χ4n) is 4.49. The van der Waals surface area contributed by atoms with Gasteiger partial charge in [0.1, 0.15) is 11.2 Å². The lowest BCUT2D eigenvalue weighted by molar-refractivity contribution is -0.140. The van der Waals surface area contributed by atoms with E-state index in [9.17, 15) is 9.59 Å². The molecular weight excluding hydrogens is 344 g/mol. The van der Waals surface area contributed by atoms with E-state index in [1.54, 1.807) is 17.3 Å². The standard InChI is InChI=1S/C19H26N6O2/c1-3-20-12(2)23-18-22-11-13-10-19(8-9-21-16(19)26)17(27)25(15(13)24-18)14-6-4-5-7-14/h3,11-12,14,20H,1,4-10H2,2H3,(H,21,26)(H,22,23,24)/t12?,19-/m1/s1. The van der Waals surface area contributed by atoms with Crippen molar-refractivity contribution in [2.45, 2.75) is 57.7 Å². The zero-order chi connectivity index (χ0) is 19.0. The molecule has 1 aromatic heterocycles. The Morgan fingerprint density at radius 2 is 2.19 bits per heavy atom. The number of anilines is 2. The van der Waals surface area contributed by atoms with Gasteiger partial charge in [0.25, 0.3) is 0 Å². The first-order valence-corrected chi connectivity index (χ1v) is 9.66. The van der Waals surface area contributed by atoms with Gasteiger partial charge in [-0.15, -0.1) is 0 Å². The average molecular weight is 370 g/mol. The van der Waals surface area contributed by atoms with Crippen molar-refractivity contribution in [1.82, 2.24) is 20.6 Å². The molecule has 8 heteroatoms. The molecule has 1 aliphatic carbocycles. The molecule has 8 nitrogen and oxygen atoms in total. The summed E-state index contributed by atoms with van der Waals surface area (Å²) in [5.41, 5.74) is -0.126. The van der Waals surface area contributed by atoms with E-state index in [-0.39, 0.29) is 24.0 Å². The molecule has 0 aromatic carbocycles. The van der Waals surface area contributed by atoms with Crippen LogP contribution in [0.25, 0.3) is 0 Å². The Kier molecular flexibility index (Phi) is 4.49. The average Bonchev–Trinajstić information content (AvgIpc) is 3.28. The summed E-state index contributed by atoms with van der Waals surface area (Å²) in [5, 5.41) is 9.05. The maximum absolute atomic E-state index is 13.5. The van der Waals surface area contributed by atoms with Crippen molar-refractivity contribution in [2.24, 2.45) is 5.41 Å². The normalized spacial score (nSPS) is 26.0. The van der Waals surface area contributed by atoms with Crippen molar-refractivity contribution < 1.29 is 9.59 Å². The molecule has 2 aliphatic heterocycles. The molecule has 1 spiro atoms. The Balaban J connectivity index is 1.73. The lowest BCUT2D eigenvalue weighted by Crippen LogP contribution is -2.56. The van der Waals surface area contributed by atoms with Crippen LogP contribution in [0.1, 0.15) is 44.6 Å². The molecule has 27 heavy (non-hydrogen) atoms. The molecule has 1 saturated heterocycles. The van der Waals surface area contributed by atoms with Gasteiger partial charge in [0.15, 0.2) is 0 Å². The van der Waals surface area contributed by atoms with Crippen molar-refractivity contribution in [3.63, 3.8) is 0 Å². The zero-order valence-electron chi connectivity index (χ0n) is 15.6. The number of hydrogen-bond donors (Lipinski definition) is 3. The van der Waals surface area contributed by atoms with E-state index >= 15 is 0 Å². The number of nitrogens with zero attached hydrogens (tertiary/aromatic N) is 3. The van der Waals surface area contributed by atoms with Crippen LogP contribution in [-0.4, -0.2) is 40.5 Å². The van der Waals surface area contributed by atoms with Gasteiger partial charge in [0.2, 0.25) is 17.8 Å². The fraction of sp³-hybridized carbons (Fsp3) is 0.579. The number of nitrogens with one attached hydrogen (secondary N) is 3. The summed E-state index contributed by atoms with van der Waals surface area (Å²) < 4.78 is 0. The topological polar surface area (TPSA) is 99.2 Å². The Morgan fingerprint density at radius 3 is 2.85 bits per heavy atom. The van der Waals surface area contributed by atoms with Crippen LogP contribution in [0.3, 0.4) is 0 Å². The van der Waals surface area contributed by atoms with E-state index in [2.05, 4.69) is 32.5 Å². The molecule has 144 valence electrons. The minimum absolute atomic E-state index is 0.0910. The highest BCUT2D eigenvalue weighted by molar-refractivity contribution is 6.14. The summed E-state index contributed by atoms with van der Waals surface area (Å²) in [6.45, 7) is 6.13. The first-order chi connectivity index (χ1) is 13.0. The summed E-state index contributed by atoms with van der Waals surface area (Å²) >= 11 is 0. The summed E-state index contributed by atoms with van der Waals surface area (Å²) in [4.78, 5) is 37.0. The second-order valence-corrected chi connectivity index (χ2v) is 7.66. The highest BCUT2D eigenvalue weighted by Crippen LogP contribution is 2.44. The molecule has 3 heterocycles. The maximum atomic E-state index is 13.5. The van der Waals surface area contributed by atoms with Crippen molar-refractivity contribution in [1.29, 1.82) is 0 Å². The molecule has 1 aromatic rings. The molecule has 3 N–H and O–H groups in total. The third-order valence-electron chi connectivity index (χ3n) is 5.87. The predicted molar refractivity (Wildman–Crippen MR) is 102 cm³/mol. The first-order valence-electron chi connectivity index (χ1n) is 9.66. The minimum atomic E-state index is -0.994. The lowest BCUT2D eigenvalue weighted by Gasteiger charge is -2.40. The van der Waals surface area contributed by atoms with Gasteiger partial charge in [-0.3, -0.25) is 14.5 Å². The van der Waals surface area contributed by atoms with Crippen LogP contribution in [-0.2, 0) is 16.0 Å². The fourth-order valence-corrected chi connectivity index (χ4v) is 4.49. The van der Waals surface area contributed by atoms with Crippen LogP contribution in [0.4, 0.5) is 11.8 Å². The number of aromatic nitrogens is 2. The number of fused-ring (bicyclic) bond motifs is 1. The van der Waals surface area contributed by atoms with Gasteiger partial charge in [0.05, 0.1) is 6.17 Å². The largest absolute Gasteiger partial charge is 0.372 e. The molecular formula is C19H26N6O2. The van der Waals surface area contributed by atoms with E-state index in [4.69, 9.17) is 0 Å². The Labute approximate surface area is 158 Å².